The molecule has 0 spiro atoms. The van der Waals surface area contributed by atoms with Gasteiger partial charge in [-0.05, 0) is 25.3 Å². The van der Waals surface area contributed by atoms with E-state index in [1.54, 1.807) is 6.20 Å². The zero-order valence-electron chi connectivity index (χ0n) is 9.19. The predicted molar refractivity (Wildman–Crippen MR) is 58.5 cm³/mol. The highest BCUT2D eigenvalue weighted by molar-refractivity contribution is 5.05. The molecule has 0 saturated heterocycles. The molecule has 1 aromatic rings. The zero-order chi connectivity index (χ0) is 10.7. The summed E-state index contributed by atoms with van der Waals surface area (Å²) in [6.07, 6.45) is 4.87. The van der Waals surface area contributed by atoms with Crippen LogP contribution in [0.2, 0.25) is 0 Å². The van der Waals surface area contributed by atoms with E-state index in [9.17, 15) is 5.11 Å². The van der Waals surface area contributed by atoms with E-state index in [2.05, 4.69) is 17.3 Å². The lowest BCUT2D eigenvalue weighted by Crippen LogP contribution is -2.25. The SMILES string of the molecule is CCCn1nccc1C(O)CNC1CC1. The van der Waals surface area contributed by atoms with Gasteiger partial charge in [-0.25, -0.2) is 0 Å². The maximum Gasteiger partial charge on any atom is 0.108 e. The minimum Gasteiger partial charge on any atom is -0.385 e. The van der Waals surface area contributed by atoms with Gasteiger partial charge in [-0.3, -0.25) is 4.68 Å². The highest BCUT2D eigenvalue weighted by Gasteiger charge is 2.22. The van der Waals surface area contributed by atoms with Gasteiger partial charge in [0.1, 0.15) is 6.10 Å². The van der Waals surface area contributed by atoms with Crippen LogP contribution in [0.1, 0.15) is 38.0 Å². The number of aliphatic hydroxyl groups is 1. The van der Waals surface area contributed by atoms with E-state index in [4.69, 9.17) is 0 Å². The first kappa shape index (κ1) is 10.6. The maximum atomic E-state index is 9.97. The minimum atomic E-state index is -0.431. The van der Waals surface area contributed by atoms with Gasteiger partial charge in [0.2, 0.25) is 0 Å². The fourth-order valence-corrected chi connectivity index (χ4v) is 1.69. The monoisotopic (exact) mass is 209 g/mol. The second-order valence-electron chi connectivity index (χ2n) is 4.18. The van der Waals surface area contributed by atoms with Crippen LogP contribution in [0, 0.1) is 0 Å². The molecular formula is C11H19N3O. The van der Waals surface area contributed by atoms with Gasteiger partial charge >= 0.3 is 0 Å². The summed E-state index contributed by atoms with van der Waals surface area (Å²) in [6.45, 7) is 3.63. The Bertz CT molecular complexity index is 307. The molecule has 0 aliphatic heterocycles. The number of aryl methyl sites for hydroxylation is 1. The first-order valence-corrected chi connectivity index (χ1v) is 5.74. The van der Waals surface area contributed by atoms with Crippen LogP contribution in [0.25, 0.3) is 0 Å². The Morgan fingerprint density at radius 3 is 3.13 bits per heavy atom. The quantitative estimate of drug-likeness (QED) is 0.737. The van der Waals surface area contributed by atoms with Gasteiger partial charge in [-0.1, -0.05) is 6.92 Å². The lowest BCUT2D eigenvalue weighted by molar-refractivity contribution is 0.163. The van der Waals surface area contributed by atoms with Crippen molar-refractivity contribution in [2.45, 2.75) is 44.9 Å². The molecule has 1 aromatic heterocycles. The van der Waals surface area contributed by atoms with Crippen molar-refractivity contribution in [3.8, 4) is 0 Å². The summed E-state index contributed by atoms with van der Waals surface area (Å²) in [5.41, 5.74) is 0.921. The molecule has 4 heteroatoms. The van der Waals surface area contributed by atoms with E-state index >= 15 is 0 Å². The van der Waals surface area contributed by atoms with E-state index in [1.807, 2.05) is 10.7 Å². The Hall–Kier alpha value is -0.870. The molecule has 0 bridgehead atoms. The van der Waals surface area contributed by atoms with Gasteiger partial charge in [0.15, 0.2) is 0 Å². The molecule has 0 aromatic carbocycles. The number of hydrogen-bond acceptors (Lipinski definition) is 3. The fraction of sp³-hybridized carbons (Fsp3) is 0.727. The first-order valence-electron chi connectivity index (χ1n) is 5.74. The van der Waals surface area contributed by atoms with Crippen molar-refractivity contribution in [2.24, 2.45) is 0 Å². The summed E-state index contributed by atoms with van der Waals surface area (Å²) in [5.74, 6) is 0. The van der Waals surface area contributed by atoms with Gasteiger partial charge in [0, 0.05) is 25.3 Å². The number of rotatable bonds is 6. The molecule has 2 rings (SSSR count). The van der Waals surface area contributed by atoms with E-state index in [-0.39, 0.29) is 0 Å². The molecule has 1 atom stereocenters. The number of nitrogens with zero attached hydrogens (tertiary/aromatic N) is 2. The number of aliphatic hydroxyl groups excluding tert-OH is 1. The van der Waals surface area contributed by atoms with Gasteiger partial charge in [0.25, 0.3) is 0 Å². The lowest BCUT2D eigenvalue weighted by atomic mass is 10.2. The van der Waals surface area contributed by atoms with Crippen LogP contribution < -0.4 is 5.32 Å². The zero-order valence-corrected chi connectivity index (χ0v) is 9.19. The van der Waals surface area contributed by atoms with Crippen LogP contribution in [0.3, 0.4) is 0 Å². The van der Waals surface area contributed by atoms with Crippen LogP contribution in [-0.2, 0) is 6.54 Å². The van der Waals surface area contributed by atoms with Crippen LogP contribution >= 0.6 is 0 Å². The van der Waals surface area contributed by atoms with E-state index in [1.165, 1.54) is 12.8 Å². The summed E-state index contributed by atoms with van der Waals surface area (Å²) in [7, 11) is 0. The van der Waals surface area contributed by atoms with Gasteiger partial charge in [-0.15, -0.1) is 0 Å². The summed E-state index contributed by atoms with van der Waals surface area (Å²) in [5, 5.41) is 17.5. The molecule has 15 heavy (non-hydrogen) atoms. The van der Waals surface area contributed by atoms with Gasteiger partial charge in [-0.2, -0.15) is 5.10 Å². The summed E-state index contributed by atoms with van der Waals surface area (Å²) in [6, 6.07) is 2.54. The van der Waals surface area contributed by atoms with Crippen molar-refractivity contribution in [3.05, 3.63) is 18.0 Å². The lowest BCUT2D eigenvalue weighted by Gasteiger charge is -2.13. The smallest absolute Gasteiger partial charge is 0.108 e. The van der Waals surface area contributed by atoms with E-state index in [0.29, 0.717) is 12.6 Å². The molecule has 2 N–H and O–H groups in total. The largest absolute Gasteiger partial charge is 0.385 e. The Balaban J connectivity index is 1.90. The Morgan fingerprint density at radius 2 is 2.47 bits per heavy atom. The van der Waals surface area contributed by atoms with Crippen LogP contribution in [-0.4, -0.2) is 27.5 Å². The summed E-state index contributed by atoms with van der Waals surface area (Å²) < 4.78 is 1.89. The fourth-order valence-electron chi connectivity index (χ4n) is 1.69. The van der Waals surface area contributed by atoms with E-state index in [0.717, 1.165) is 18.7 Å². The minimum absolute atomic E-state index is 0.431. The van der Waals surface area contributed by atoms with Gasteiger partial charge in [0.05, 0.1) is 5.69 Å². The molecule has 1 aliphatic rings. The molecule has 0 amide bonds. The van der Waals surface area contributed by atoms with Gasteiger partial charge < -0.3 is 10.4 Å². The Labute approximate surface area is 90.3 Å². The van der Waals surface area contributed by atoms with Crippen molar-refractivity contribution < 1.29 is 5.11 Å². The van der Waals surface area contributed by atoms with Crippen molar-refractivity contribution in [2.75, 3.05) is 6.54 Å². The van der Waals surface area contributed by atoms with Crippen molar-refractivity contribution in [1.29, 1.82) is 0 Å². The van der Waals surface area contributed by atoms with Crippen LogP contribution in [0.15, 0.2) is 12.3 Å². The third-order valence-corrected chi connectivity index (χ3v) is 2.70. The molecule has 1 unspecified atom stereocenters. The molecule has 1 saturated carbocycles. The third-order valence-electron chi connectivity index (χ3n) is 2.70. The Morgan fingerprint density at radius 1 is 1.67 bits per heavy atom. The standard InChI is InChI=1S/C11H19N3O/c1-2-7-14-10(5-6-13-14)11(15)8-12-9-3-4-9/h5-6,9,11-12,15H,2-4,7-8H2,1H3. The summed E-state index contributed by atoms with van der Waals surface area (Å²) >= 11 is 0. The number of aromatic nitrogens is 2. The molecule has 84 valence electrons. The molecular weight excluding hydrogens is 190 g/mol. The van der Waals surface area contributed by atoms with Crippen LogP contribution in [0.4, 0.5) is 0 Å². The van der Waals surface area contributed by atoms with E-state index < -0.39 is 6.10 Å². The molecule has 4 nitrogen and oxygen atoms in total. The third kappa shape index (κ3) is 2.79. The average Bonchev–Trinajstić information content (AvgIpc) is 2.95. The molecule has 1 fully saturated rings. The molecule has 1 aliphatic carbocycles. The summed E-state index contributed by atoms with van der Waals surface area (Å²) in [4.78, 5) is 0. The second-order valence-corrected chi connectivity index (χ2v) is 4.18. The second kappa shape index (κ2) is 4.77. The number of hydrogen-bond donors (Lipinski definition) is 2. The molecule has 1 heterocycles. The Kier molecular flexibility index (Phi) is 3.38. The predicted octanol–water partition coefficient (Wildman–Crippen LogP) is 1.08. The van der Waals surface area contributed by atoms with Crippen molar-refractivity contribution >= 4 is 0 Å². The van der Waals surface area contributed by atoms with Crippen molar-refractivity contribution in [1.82, 2.24) is 15.1 Å². The average molecular weight is 209 g/mol. The highest BCUT2D eigenvalue weighted by Crippen LogP contribution is 2.20. The highest BCUT2D eigenvalue weighted by atomic mass is 16.3. The topological polar surface area (TPSA) is 50.1 Å². The maximum absolute atomic E-state index is 9.97. The van der Waals surface area contributed by atoms with Crippen molar-refractivity contribution in [3.63, 3.8) is 0 Å². The normalized spacial score (nSPS) is 18.0. The number of nitrogens with one attached hydrogen (secondary N) is 1. The first-order chi connectivity index (χ1) is 7.31. The van der Waals surface area contributed by atoms with Crippen LogP contribution in [0.5, 0.6) is 0 Å². The molecule has 0 radical (unpaired) electrons.